The van der Waals surface area contributed by atoms with Crippen LogP contribution in [0.15, 0.2) is 83.3 Å². The summed E-state index contributed by atoms with van der Waals surface area (Å²) in [4.78, 5) is 40.3. The predicted octanol–water partition coefficient (Wildman–Crippen LogP) is 4.38. The number of carbonyl (C=O) groups is 2. The average Bonchev–Trinajstić information content (AvgIpc) is 3.35. The Bertz CT molecular complexity index is 1600. The molecule has 1 saturated heterocycles. The van der Waals surface area contributed by atoms with Crippen LogP contribution in [0.25, 0.3) is 23.0 Å². The van der Waals surface area contributed by atoms with Gasteiger partial charge in [-0.3, -0.25) is 19.6 Å². The van der Waals surface area contributed by atoms with Crippen LogP contribution in [0.2, 0.25) is 0 Å². The molecule has 0 spiro atoms. The molecule has 0 unspecified atom stereocenters. The maximum Gasteiger partial charge on any atom is 0.329 e. The summed E-state index contributed by atoms with van der Waals surface area (Å²) in [6.07, 6.45) is 1.36. The first-order valence-corrected chi connectivity index (χ1v) is 11.5. The first-order valence-electron chi connectivity index (χ1n) is 11.5. The second-order valence-electron chi connectivity index (χ2n) is 8.59. The number of aromatic nitrogens is 2. The third kappa shape index (κ3) is 4.54. The molecule has 0 saturated carbocycles. The standard InChI is InChI=1S/C28H23FN4O4/c1-17-10-12-20(13-11-17)33-26(34)22(25(31-33)21-8-3-4-9-24(21)37-2)15-23-27(35)32(28(36)30-23)16-18-6-5-7-19(29)14-18/h3-15,31H,16H2,1-2H3,(H,30,36)/b23-15-. The lowest BCUT2D eigenvalue weighted by Crippen LogP contribution is -2.30. The Kier molecular flexibility index (Phi) is 6.19. The summed E-state index contributed by atoms with van der Waals surface area (Å²) in [7, 11) is 1.52. The SMILES string of the molecule is COc1ccccc1-c1[nH]n(-c2ccc(C)cc2)c(=O)c1/C=C1\NC(=O)N(Cc2cccc(F)c2)C1=O. The molecule has 1 fully saturated rings. The molecule has 1 aromatic heterocycles. The van der Waals surface area contributed by atoms with Gasteiger partial charge in [0.2, 0.25) is 0 Å². The summed E-state index contributed by atoms with van der Waals surface area (Å²) < 4.78 is 20.5. The Morgan fingerprint density at radius 2 is 1.73 bits per heavy atom. The van der Waals surface area contributed by atoms with E-state index in [1.54, 1.807) is 42.5 Å². The van der Waals surface area contributed by atoms with E-state index in [4.69, 9.17) is 4.74 Å². The molecule has 3 amide bonds. The molecule has 2 heterocycles. The number of nitrogens with zero attached hydrogens (tertiary/aromatic N) is 2. The van der Waals surface area contributed by atoms with Crippen LogP contribution in [0.1, 0.15) is 16.7 Å². The van der Waals surface area contributed by atoms with Crippen LogP contribution in [-0.2, 0) is 11.3 Å². The Morgan fingerprint density at radius 1 is 0.973 bits per heavy atom. The van der Waals surface area contributed by atoms with E-state index in [1.165, 1.54) is 36.1 Å². The molecule has 4 aromatic rings. The van der Waals surface area contributed by atoms with Gasteiger partial charge in [0.1, 0.15) is 17.3 Å². The Morgan fingerprint density at radius 3 is 2.46 bits per heavy atom. The van der Waals surface area contributed by atoms with E-state index < -0.39 is 23.3 Å². The first-order chi connectivity index (χ1) is 17.9. The number of halogens is 1. The largest absolute Gasteiger partial charge is 0.496 e. The van der Waals surface area contributed by atoms with Gasteiger partial charge in [0.25, 0.3) is 11.5 Å². The van der Waals surface area contributed by atoms with Crippen molar-refractivity contribution < 1.29 is 18.7 Å². The normalized spacial score (nSPS) is 14.4. The van der Waals surface area contributed by atoms with Gasteiger partial charge in [-0.2, -0.15) is 0 Å². The van der Waals surface area contributed by atoms with Crippen molar-refractivity contribution in [2.24, 2.45) is 0 Å². The van der Waals surface area contributed by atoms with Gasteiger partial charge in [-0.05, 0) is 55.0 Å². The number of amides is 3. The van der Waals surface area contributed by atoms with Crippen molar-refractivity contribution in [2.75, 3.05) is 7.11 Å². The molecule has 186 valence electrons. The summed E-state index contributed by atoms with van der Waals surface area (Å²) in [6, 6.07) is 19.5. The number of methoxy groups -OCH3 is 1. The lowest BCUT2D eigenvalue weighted by molar-refractivity contribution is -0.123. The molecule has 2 N–H and O–H groups in total. The molecular formula is C28H23FN4O4. The summed E-state index contributed by atoms with van der Waals surface area (Å²) in [5, 5.41) is 5.67. The van der Waals surface area contributed by atoms with Gasteiger partial charge in [-0.25, -0.2) is 13.9 Å². The second kappa shape index (κ2) is 9.62. The zero-order valence-corrected chi connectivity index (χ0v) is 20.1. The predicted molar refractivity (Wildman–Crippen MR) is 137 cm³/mol. The maximum atomic E-state index is 13.6. The topological polar surface area (TPSA) is 96.4 Å². The van der Waals surface area contributed by atoms with E-state index in [0.717, 1.165) is 10.5 Å². The number of H-pyrrole nitrogens is 1. The first kappa shape index (κ1) is 23.8. The highest BCUT2D eigenvalue weighted by molar-refractivity contribution is 6.14. The quantitative estimate of drug-likeness (QED) is 0.305. The molecule has 3 aromatic carbocycles. The number of imide groups is 1. The summed E-state index contributed by atoms with van der Waals surface area (Å²) >= 11 is 0. The number of hydrogen-bond donors (Lipinski definition) is 2. The molecular weight excluding hydrogens is 475 g/mol. The highest BCUT2D eigenvalue weighted by Gasteiger charge is 2.34. The summed E-state index contributed by atoms with van der Waals surface area (Å²) in [5.74, 6) is -0.567. The van der Waals surface area contributed by atoms with Crippen LogP contribution in [0.5, 0.6) is 5.75 Å². The fourth-order valence-electron chi connectivity index (χ4n) is 4.19. The number of hydrogen-bond acceptors (Lipinski definition) is 4. The van der Waals surface area contributed by atoms with Gasteiger partial charge in [-0.1, -0.05) is 42.0 Å². The van der Waals surface area contributed by atoms with Crippen LogP contribution >= 0.6 is 0 Å². The molecule has 0 aliphatic carbocycles. The number of aromatic amines is 1. The molecule has 8 nitrogen and oxygen atoms in total. The number of aryl methyl sites for hydroxylation is 1. The van der Waals surface area contributed by atoms with Crippen LogP contribution in [0.3, 0.4) is 0 Å². The van der Waals surface area contributed by atoms with Crippen LogP contribution in [-0.4, -0.2) is 33.7 Å². The number of urea groups is 1. The van der Waals surface area contributed by atoms with E-state index in [2.05, 4.69) is 10.4 Å². The maximum absolute atomic E-state index is 13.6. The minimum Gasteiger partial charge on any atom is -0.496 e. The van der Waals surface area contributed by atoms with Gasteiger partial charge in [0.15, 0.2) is 0 Å². The second-order valence-corrected chi connectivity index (χ2v) is 8.59. The van der Waals surface area contributed by atoms with Gasteiger partial charge < -0.3 is 10.1 Å². The van der Waals surface area contributed by atoms with Crippen molar-refractivity contribution in [1.82, 2.24) is 20.0 Å². The van der Waals surface area contributed by atoms with Crippen LogP contribution in [0, 0.1) is 12.7 Å². The fraction of sp³-hybridized carbons (Fsp3) is 0.107. The molecule has 1 aliphatic heterocycles. The lowest BCUT2D eigenvalue weighted by atomic mass is 10.1. The number of ether oxygens (including phenoxy) is 1. The Balaban J connectivity index is 1.60. The van der Waals surface area contributed by atoms with E-state index in [-0.39, 0.29) is 17.8 Å². The van der Waals surface area contributed by atoms with Gasteiger partial charge in [0, 0.05) is 5.56 Å². The van der Waals surface area contributed by atoms with Gasteiger partial charge in [0.05, 0.1) is 30.6 Å². The average molecular weight is 499 g/mol. The van der Waals surface area contributed by atoms with Crippen molar-refractivity contribution in [2.45, 2.75) is 13.5 Å². The molecule has 1 aliphatic rings. The smallest absolute Gasteiger partial charge is 0.329 e. The zero-order valence-electron chi connectivity index (χ0n) is 20.1. The van der Waals surface area contributed by atoms with Crippen molar-refractivity contribution in [3.63, 3.8) is 0 Å². The fourth-order valence-corrected chi connectivity index (χ4v) is 4.19. The van der Waals surface area contributed by atoms with E-state index in [0.29, 0.717) is 28.3 Å². The number of benzene rings is 3. The van der Waals surface area contributed by atoms with Crippen molar-refractivity contribution in [3.05, 3.63) is 111 Å². The number of para-hydroxylation sites is 1. The molecule has 0 atom stereocenters. The number of carbonyl (C=O) groups excluding carboxylic acids is 2. The van der Waals surface area contributed by atoms with E-state index in [9.17, 15) is 18.8 Å². The Labute approximate surface area is 211 Å². The van der Waals surface area contributed by atoms with Crippen LogP contribution in [0.4, 0.5) is 9.18 Å². The van der Waals surface area contributed by atoms with Crippen molar-refractivity contribution >= 4 is 18.0 Å². The third-order valence-corrected chi connectivity index (χ3v) is 6.08. The summed E-state index contributed by atoms with van der Waals surface area (Å²) in [5.41, 5.74) is 2.81. The van der Waals surface area contributed by atoms with E-state index in [1.807, 2.05) is 19.1 Å². The highest BCUT2D eigenvalue weighted by Crippen LogP contribution is 2.31. The minimum atomic E-state index is -0.659. The summed E-state index contributed by atoms with van der Waals surface area (Å²) in [6.45, 7) is 1.83. The van der Waals surface area contributed by atoms with E-state index >= 15 is 0 Å². The number of rotatable bonds is 6. The molecule has 5 rings (SSSR count). The minimum absolute atomic E-state index is 0.0651. The van der Waals surface area contributed by atoms with Crippen molar-refractivity contribution in [3.8, 4) is 22.7 Å². The van der Waals surface area contributed by atoms with Crippen LogP contribution < -0.4 is 15.6 Å². The van der Waals surface area contributed by atoms with Crippen molar-refractivity contribution in [1.29, 1.82) is 0 Å². The molecule has 0 bridgehead atoms. The number of nitrogens with one attached hydrogen (secondary N) is 2. The Hall–Kier alpha value is -4.92. The molecule has 0 radical (unpaired) electrons. The monoisotopic (exact) mass is 498 g/mol. The van der Waals surface area contributed by atoms with Gasteiger partial charge in [-0.15, -0.1) is 0 Å². The molecule has 9 heteroatoms. The third-order valence-electron chi connectivity index (χ3n) is 6.08. The zero-order chi connectivity index (χ0) is 26.1. The molecule has 37 heavy (non-hydrogen) atoms. The lowest BCUT2D eigenvalue weighted by Gasteiger charge is -2.11. The highest BCUT2D eigenvalue weighted by atomic mass is 19.1. The van der Waals surface area contributed by atoms with Gasteiger partial charge >= 0.3 is 6.03 Å².